The van der Waals surface area contributed by atoms with Crippen LogP contribution in [0, 0.1) is 6.92 Å². The molecule has 1 aromatic heterocycles. The normalized spacial score (nSPS) is 14.9. The first-order chi connectivity index (χ1) is 12.6. The van der Waals surface area contributed by atoms with Gasteiger partial charge in [-0.05, 0) is 51.0 Å². The molecule has 3 rings (SSSR count). The van der Waals surface area contributed by atoms with Gasteiger partial charge in [0.25, 0.3) is 11.8 Å². The average molecular weight is 358 g/mol. The van der Waals surface area contributed by atoms with Gasteiger partial charge in [0.2, 0.25) is 0 Å². The smallest absolute Gasteiger partial charge is 0.409 e. The number of aryl methyl sites for hydroxylation is 1. The molecule has 0 atom stereocenters. The van der Waals surface area contributed by atoms with Crippen molar-refractivity contribution in [3.63, 3.8) is 0 Å². The Morgan fingerprint density at radius 1 is 1.27 bits per heavy atom. The van der Waals surface area contributed by atoms with E-state index in [1.807, 2.05) is 0 Å². The third-order valence-electron chi connectivity index (χ3n) is 4.28. The third-order valence-corrected chi connectivity index (χ3v) is 4.28. The number of nitrogens with one attached hydrogen (secondary N) is 1. The lowest BCUT2D eigenvalue weighted by Crippen LogP contribution is -2.46. The molecule has 8 heteroatoms. The fourth-order valence-electron chi connectivity index (χ4n) is 2.87. The lowest BCUT2D eigenvalue weighted by molar-refractivity contribution is 0.0860. The molecule has 0 radical (unpaired) electrons. The molecule has 1 aliphatic heterocycles. The van der Waals surface area contributed by atoms with Gasteiger partial charge in [-0.25, -0.2) is 4.79 Å². The molecule has 0 aliphatic carbocycles. The molecule has 138 valence electrons. The van der Waals surface area contributed by atoms with Crippen molar-refractivity contribution in [3.05, 3.63) is 35.7 Å². The standard InChI is InChI=1S/C18H22N4O4/c1-3-25-18(24)22-10-8-15(9-11-22)20-16(23)13-4-6-14(7-5-13)17-19-12(2)21-26-17/h4-7,15H,3,8-11H2,1-2H3,(H,20,23). The molecule has 26 heavy (non-hydrogen) atoms. The van der Waals surface area contributed by atoms with E-state index in [9.17, 15) is 9.59 Å². The van der Waals surface area contributed by atoms with Gasteiger partial charge in [-0.2, -0.15) is 4.98 Å². The highest BCUT2D eigenvalue weighted by atomic mass is 16.6. The molecule has 0 bridgehead atoms. The predicted molar refractivity (Wildman–Crippen MR) is 93.6 cm³/mol. The van der Waals surface area contributed by atoms with Crippen molar-refractivity contribution >= 4 is 12.0 Å². The molecule has 1 saturated heterocycles. The van der Waals surface area contributed by atoms with Crippen molar-refractivity contribution in [1.29, 1.82) is 0 Å². The summed E-state index contributed by atoms with van der Waals surface area (Å²) in [7, 11) is 0. The number of amides is 2. The van der Waals surface area contributed by atoms with Crippen LogP contribution in [-0.2, 0) is 4.74 Å². The molecule has 0 spiro atoms. The van der Waals surface area contributed by atoms with Crippen molar-refractivity contribution in [2.45, 2.75) is 32.7 Å². The van der Waals surface area contributed by atoms with Crippen LogP contribution in [0.25, 0.3) is 11.5 Å². The van der Waals surface area contributed by atoms with Gasteiger partial charge >= 0.3 is 6.09 Å². The van der Waals surface area contributed by atoms with Gasteiger partial charge in [0, 0.05) is 30.3 Å². The highest BCUT2D eigenvalue weighted by Gasteiger charge is 2.24. The second kappa shape index (κ2) is 7.99. The quantitative estimate of drug-likeness (QED) is 0.901. The summed E-state index contributed by atoms with van der Waals surface area (Å²) < 4.78 is 10.1. The predicted octanol–water partition coefficient (Wildman–Crippen LogP) is 2.40. The second-order valence-electron chi connectivity index (χ2n) is 6.16. The van der Waals surface area contributed by atoms with E-state index in [-0.39, 0.29) is 18.0 Å². The molecule has 2 heterocycles. The summed E-state index contributed by atoms with van der Waals surface area (Å²) in [5.74, 6) is 0.865. The summed E-state index contributed by atoms with van der Waals surface area (Å²) in [5.41, 5.74) is 1.34. The van der Waals surface area contributed by atoms with E-state index in [2.05, 4.69) is 15.5 Å². The maximum atomic E-state index is 12.4. The van der Waals surface area contributed by atoms with Gasteiger partial charge < -0.3 is 19.5 Å². The van der Waals surface area contributed by atoms with Crippen LogP contribution in [0.1, 0.15) is 35.9 Å². The largest absolute Gasteiger partial charge is 0.450 e. The zero-order chi connectivity index (χ0) is 18.5. The van der Waals surface area contributed by atoms with Crippen LogP contribution in [0.4, 0.5) is 4.79 Å². The molecule has 2 aromatic rings. The summed E-state index contributed by atoms with van der Waals surface area (Å²) in [5, 5.41) is 6.78. The van der Waals surface area contributed by atoms with Gasteiger partial charge in [-0.15, -0.1) is 0 Å². The highest BCUT2D eigenvalue weighted by Crippen LogP contribution is 2.18. The number of likely N-dealkylation sites (tertiary alicyclic amines) is 1. The Morgan fingerprint density at radius 3 is 2.54 bits per heavy atom. The van der Waals surface area contributed by atoms with Crippen molar-refractivity contribution in [2.75, 3.05) is 19.7 Å². The fourth-order valence-corrected chi connectivity index (χ4v) is 2.87. The Kier molecular flexibility index (Phi) is 5.50. The number of piperidine rings is 1. The van der Waals surface area contributed by atoms with E-state index in [0.29, 0.717) is 49.8 Å². The van der Waals surface area contributed by atoms with Gasteiger partial charge in [-0.1, -0.05) is 5.16 Å². The minimum absolute atomic E-state index is 0.0476. The Balaban J connectivity index is 1.53. The van der Waals surface area contributed by atoms with Crippen molar-refractivity contribution < 1.29 is 18.8 Å². The van der Waals surface area contributed by atoms with Crippen LogP contribution in [0.5, 0.6) is 0 Å². The van der Waals surface area contributed by atoms with Crippen LogP contribution in [-0.4, -0.2) is 52.8 Å². The van der Waals surface area contributed by atoms with Gasteiger partial charge in [0.1, 0.15) is 0 Å². The third kappa shape index (κ3) is 4.19. The lowest BCUT2D eigenvalue weighted by Gasteiger charge is -2.31. The van der Waals surface area contributed by atoms with Crippen LogP contribution >= 0.6 is 0 Å². The first-order valence-electron chi connectivity index (χ1n) is 8.70. The van der Waals surface area contributed by atoms with Crippen LogP contribution < -0.4 is 5.32 Å². The summed E-state index contributed by atoms with van der Waals surface area (Å²) in [6.45, 7) is 5.07. The topological polar surface area (TPSA) is 97.6 Å². The second-order valence-corrected chi connectivity index (χ2v) is 6.16. The van der Waals surface area contributed by atoms with Crippen molar-refractivity contribution in [2.24, 2.45) is 0 Å². The maximum Gasteiger partial charge on any atom is 0.409 e. The minimum Gasteiger partial charge on any atom is -0.450 e. The summed E-state index contributed by atoms with van der Waals surface area (Å²) >= 11 is 0. The van der Waals surface area contributed by atoms with Gasteiger partial charge in [-0.3, -0.25) is 4.79 Å². The number of aromatic nitrogens is 2. The molecule has 2 amide bonds. The number of nitrogens with zero attached hydrogens (tertiary/aromatic N) is 3. The van der Waals surface area contributed by atoms with E-state index in [0.717, 1.165) is 5.56 Å². The van der Waals surface area contributed by atoms with E-state index >= 15 is 0 Å². The summed E-state index contributed by atoms with van der Waals surface area (Å²) in [4.78, 5) is 29.9. The first kappa shape index (κ1) is 17.9. The van der Waals surface area contributed by atoms with Crippen molar-refractivity contribution in [3.8, 4) is 11.5 Å². The summed E-state index contributed by atoms with van der Waals surface area (Å²) in [6.07, 6.45) is 1.14. The Labute approximate surface area is 151 Å². The molecule has 0 unspecified atom stereocenters. The number of rotatable bonds is 4. The summed E-state index contributed by atoms with van der Waals surface area (Å²) in [6, 6.07) is 7.08. The number of carbonyl (C=O) groups is 2. The molecule has 8 nitrogen and oxygen atoms in total. The Hall–Kier alpha value is -2.90. The number of benzene rings is 1. The fraction of sp³-hybridized carbons (Fsp3) is 0.444. The number of ether oxygens (including phenoxy) is 1. The Morgan fingerprint density at radius 2 is 1.96 bits per heavy atom. The molecule has 1 fully saturated rings. The Bertz CT molecular complexity index is 764. The van der Waals surface area contributed by atoms with Gasteiger partial charge in [0.05, 0.1) is 6.61 Å². The lowest BCUT2D eigenvalue weighted by atomic mass is 10.0. The monoisotopic (exact) mass is 358 g/mol. The molecular weight excluding hydrogens is 336 g/mol. The van der Waals surface area contributed by atoms with Gasteiger partial charge in [0.15, 0.2) is 5.82 Å². The number of carbonyl (C=O) groups excluding carboxylic acids is 2. The number of hydrogen-bond acceptors (Lipinski definition) is 6. The van der Waals surface area contributed by atoms with Crippen molar-refractivity contribution in [1.82, 2.24) is 20.4 Å². The van der Waals surface area contributed by atoms with E-state index in [1.54, 1.807) is 43.0 Å². The highest BCUT2D eigenvalue weighted by molar-refractivity contribution is 5.94. The SMILES string of the molecule is CCOC(=O)N1CCC(NC(=O)c2ccc(-c3nc(C)no3)cc2)CC1. The van der Waals surface area contributed by atoms with Crippen LogP contribution in [0.2, 0.25) is 0 Å². The average Bonchev–Trinajstić information content (AvgIpc) is 3.09. The minimum atomic E-state index is -0.288. The molecule has 1 aliphatic rings. The van der Waals surface area contributed by atoms with E-state index in [4.69, 9.17) is 9.26 Å². The van der Waals surface area contributed by atoms with E-state index < -0.39 is 0 Å². The first-order valence-corrected chi connectivity index (χ1v) is 8.70. The van der Waals surface area contributed by atoms with E-state index in [1.165, 1.54) is 0 Å². The van der Waals surface area contributed by atoms with Crippen LogP contribution in [0.15, 0.2) is 28.8 Å². The molecule has 0 saturated carbocycles. The molecular formula is C18H22N4O4. The number of hydrogen-bond donors (Lipinski definition) is 1. The zero-order valence-electron chi connectivity index (χ0n) is 14.9. The maximum absolute atomic E-state index is 12.4. The zero-order valence-corrected chi connectivity index (χ0v) is 14.9. The van der Waals surface area contributed by atoms with Crippen LogP contribution in [0.3, 0.4) is 0 Å². The molecule has 1 N–H and O–H groups in total. The molecule has 1 aromatic carbocycles.